The molecule has 0 aliphatic carbocycles. The quantitative estimate of drug-likeness (QED) is 0.897. The number of hydrogen-bond donors (Lipinski definition) is 1. The van der Waals surface area contributed by atoms with Gasteiger partial charge >= 0.3 is 0 Å². The van der Waals surface area contributed by atoms with Crippen LogP contribution < -0.4 is 10.1 Å². The summed E-state index contributed by atoms with van der Waals surface area (Å²) in [6.07, 6.45) is 4.07. The van der Waals surface area contributed by atoms with Crippen molar-refractivity contribution >= 4 is 0 Å². The third-order valence-electron chi connectivity index (χ3n) is 3.25. The highest BCUT2D eigenvalue weighted by molar-refractivity contribution is 5.32. The molecule has 0 radical (unpaired) electrons. The van der Waals surface area contributed by atoms with Crippen molar-refractivity contribution < 1.29 is 9.13 Å². The van der Waals surface area contributed by atoms with Gasteiger partial charge in [0, 0.05) is 13.2 Å². The van der Waals surface area contributed by atoms with Crippen LogP contribution in [0.2, 0.25) is 0 Å². The molecule has 0 bridgehead atoms. The van der Waals surface area contributed by atoms with Crippen LogP contribution in [0.5, 0.6) is 5.75 Å². The maximum Gasteiger partial charge on any atom is 0.168 e. The van der Waals surface area contributed by atoms with Crippen molar-refractivity contribution in [3.63, 3.8) is 0 Å². The largest absolute Gasteiger partial charge is 0.494 e. The number of imidazole rings is 1. The Morgan fingerprint density at radius 2 is 2.26 bits per heavy atom. The highest BCUT2D eigenvalue weighted by Gasteiger charge is 2.17. The van der Waals surface area contributed by atoms with Gasteiger partial charge in [0.05, 0.1) is 25.2 Å². The number of halogens is 1. The van der Waals surface area contributed by atoms with Crippen molar-refractivity contribution in [2.45, 2.75) is 12.5 Å². The van der Waals surface area contributed by atoms with Crippen molar-refractivity contribution in [2.24, 2.45) is 7.05 Å². The minimum Gasteiger partial charge on any atom is -0.494 e. The lowest BCUT2D eigenvalue weighted by atomic mass is 10.0. The van der Waals surface area contributed by atoms with Gasteiger partial charge in [-0.2, -0.15) is 0 Å². The Morgan fingerprint density at radius 1 is 1.47 bits per heavy atom. The van der Waals surface area contributed by atoms with E-state index in [2.05, 4.69) is 10.3 Å². The number of aryl methyl sites for hydroxylation is 1. The molecule has 102 valence electrons. The summed E-state index contributed by atoms with van der Waals surface area (Å²) in [7, 11) is 5.25. The monoisotopic (exact) mass is 263 g/mol. The zero-order valence-electron chi connectivity index (χ0n) is 11.4. The summed E-state index contributed by atoms with van der Waals surface area (Å²) in [6, 6.07) is 5.21. The average molecular weight is 263 g/mol. The van der Waals surface area contributed by atoms with E-state index in [1.165, 1.54) is 7.11 Å². The molecule has 1 aromatic carbocycles. The molecule has 0 fully saturated rings. The van der Waals surface area contributed by atoms with Gasteiger partial charge in [0.1, 0.15) is 0 Å². The van der Waals surface area contributed by atoms with Gasteiger partial charge in [-0.3, -0.25) is 0 Å². The lowest BCUT2D eigenvalue weighted by Gasteiger charge is -2.17. The van der Waals surface area contributed by atoms with E-state index in [4.69, 9.17) is 4.74 Å². The molecule has 0 aliphatic rings. The van der Waals surface area contributed by atoms with Gasteiger partial charge < -0.3 is 14.6 Å². The molecular formula is C14H18FN3O. The van der Waals surface area contributed by atoms with Crippen molar-refractivity contribution in [3.8, 4) is 5.75 Å². The number of ether oxygens (including phenoxy) is 1. The van der Waals surface area contributed by atoms with Crippen LogP contribution >= 0.6 is 0 Å². The second-order valence-corrected chi connectivity index (χ2v) is 4.41. The fraction of sp³-hybridized carbons (Fsp3) is 0.357. The molecule has 1 N–H and O–H groups in total. The molecule has 5 heteroatoms. The van der Waals surface area contributed by atoms with E-state index in [9.17, 15) is 4.39 Å². The Morgan fingerprint density at radius 3 is 2.84 bits per heavy atom. The molecule has 1 atom stereocenters. The van der Waals surface area contributed by atoms with Crippen LogP contribution in [0, 0.1) is 5.82 Å². The van der Waals surface area contributed by atoms with Gasteiger partial charge in [-0.25, -0.2) is 9.37 Å². The van der Waals surface area contributed by atoms with Crippen molar-refractivity contribution in [1.82, 2.24) is 14.9 Å². The summed E-state index contributed by atoms with van der Waals surface area (Å²) in [5, 5.41) is 3.19. The minimum atomic E-state index is -0.299. The van der Waals surface area contributed by atoms with E-state index >= 15 is 0 Å². The highest BCUT2D eigenvalue weighted by Crippen LogP contribution is 2.24. The van der Waals surface area contributed by atoms with Gasteiger partial charge in [-0.15, -0.1) is 0 Å². The molecule has 1 unspecified atom stereocenters. The number of benzene rings is 1. The predicted octanol–water partition coefficient (Wildman–Crippen LogP) is 2.07. The molecule has 4 nitrogen and oxygen atoms in total. The second kappa shape index (κ2) is 5.84. The topological polar surface area (TPSA) is 39.1 Å². The van der Waals surface area contributed by atoms with Crippen LogP contribution in [0.25, 0.3) is 0 Å². The van der Waals surface area contributed by atoms with Crippen LogP contribution in [0.15, 0.2) is 30.7 Å². The van der Waals surface area contributed by atoms with Crippen molar-refractivity contribution in [1.29, 1.82) is 0 Å². The van der Waals surface area contributed by atoms with Gasteiger partial charge in [0.15, 0.2) is 11.6 Å². The second-order valence-electron chi connectivity index (χ2n) is 4.41. The van der Waals surface area contributed by atoms with Crippen LogP contribution in [-0.2, 0) is 13.5 Å². The Kier molecular flexibility index (Phi) is 4.16. The molecule has 0 saturated heterocycles. The molecule has 2 aromatic rings. The molecular weight excluding hydrogens is 245 g/mol. The Labute approximate surface area is 112 Å². The summed E-state index contributed by atoms with van der Waals surface area (Å²) in [4.78, 5) is 4.09. The van der Waals surface area contributed by atoms with Crippen LogP contribution in [-0.4, -0.2) is 23.7 Å². The third kappa shape index (κ3) is 2.76. The minimum absolute atomic E-state index is 0.00843. The SMILES string of the molecule is CNC(Cc1cccc(OC)c1F)c1cncn1C. The molecule has 0 amide bonds. The molecule has 1 aromatic heterocycles. The van der Waals surface area contributed by atoms with E-state index in [1.54, 1.807) is 30.7 Å². The molecule has 1 heterocycles. The van der Waals surface area contributed by atoms with Crippen LogP contribution in [0.3, 0.4) is 0 Å². The zero-order chi connectivity index (χ0) is 13.8. The number of methoxy groups -OCH3 is 1. The van der Waals surface area contributed by atoms with E-state index in [0.29, 0.717) is 12.0 Å². The van der Waals surface area contributed by atoms with Crippen molar-refractivity contribution in [2.75, 3.05) is 14.2 Å². The van der Waals surface area contributed by atoms with E-state index < -0.39 is 0 Å². The first kappa shape index (κ1) is 13.5. The Hall–Kier alpha value is -1.88. The molecule has 2 rings (SSSR count). The Balaban J connectivity index is 2.27. The molecule has 0 spiro atoms. The summed E-state index contributed by atoms with van der Waals surface area (Å²) >= 11 is 0. The number of nitrogens with zero attached hydrogens (tertiary/aromatic N) is 2. The molecule has 0 aliphatic heterocycles. The summed E-state index contributed by atoms with van der Waals surface area (Å²) in [5.74, 6) is -0.0234. The van der Waals surface area contributed by atoms with E-state index in [-0.39, 0.29) is 17.6 Å². The average Bonchev–Trinajstić information content (AvgIpc) is 2.84. The van der Waals surface area contributed by atoms with Gasteiger partial charge in [-0.05, 0) is 25.1 Å². The van der Waals surface area contributed by atoms with Gasteiger partial charge in [0.25, 0.3) is 0 Å². The number of rotatable bonds is 5. The van der Waals surface area contributed by atoms with Crippen LogP contribution in [0.4, 0.5) is 4.39 Å². The number of hydrogen-bond acceptors (Lipinski definition) is 3. The third-order valence-corrected chi connectivity index (χ3v) is 3.25. The smallest absolute Gasteiger partial charge is 0.168 e. The van der Waals surface area contributed by atoms with Crippen LogP contribution in [0.1, 0.15) is 17.3 Å². The maximum atomic E-state index is 14.1. The highest BCUT2D eigenvalue weighted by atomic mass is 19.1. The summed E-state index contributed by atoms with van der Waals surface area (Å²) in [6.45, 7) is 0. The van der Waals surface area contributed by atoms with E-state index in [0.717, 1.165) is 5.69 Å². The molecule has 19 heavy (non-hydrogen) atoms. The first-order chi connectivity index (χ1) is 9.17. The fourth-order valence-corrected chi connectivity index (χ4v) is 2.15. The lowest BCUT2D eigenvalue weighted by molar-refractivity contribution is 0.382. The number of likely N-dealkylation sites (N-methyl/N-ethyl adjacent to an activating group) is 1. The first-order valence-corrected chi connectivity index (χ1v) is 6.12. The lowest BCUT2D eigenvalue weighted by Crippen LogP contribution is -2.21. The Bertz CT molecular complexity index is 553. The predicted molar refractivity (Wildman–Crippen MR) is 71.7 cm³/mol. The first-order valence-electron chi connectivity index (χ1n) is 6.12. The van der Waals surface area contributed by atoms with E-state index in [1.807, 2.05) is 18.7 Å². The summed E-state index contributed by atoms with van der Waals surface area (Å²) < 4.78 is 21.1. The van der Waals surface area contributed by atoms with Gasteiger partial charge in [-0.1, -0.05) is 12.1 Å². The fourth-order valence-electron chi connectivity index (χ4n) is 2.15. The normalized spacial score (nSPS) is 12.4. The molecule has 0 saturated carbocycles. The maximum absolute atomic E-state index is 14.1. The van der Waals surface area contributed by atoms with Gasteiger partial charge in [0.2, 0.25) is 0 Å². The standard InChI is InChI=1S/C14H18FN3O/c1-16-11(12-8-17-9-18(12)2)7-10-5-4-6-13(19-3)14(10)15/h4-6,8-9,11,16H,7H2,1-3H3. The summed E-state index contributed by atoms with van der Waals surface area (Å²) in [5.41, 5.74) is 1.64. The van der Waals surface area contributed by atoms with Crippen molar-refractivity contribution in [3.05, 3.63) is 47.8 Å². The number of nitrogens with one attached hydrogen (secondary N) is 1. The zero-order valence-corrected chi connectivity index (χ0v) is 11.4. The number of aromatic nitrogens is 2.